The van der Waals surface area contributed by atoms with Crippen LogP contribution in [0.2, 0.25) is 0 Å². The molecule has 110 valence electrons. The predicted molar refractivity (Wildman–Crippen MR) is 75.0 cm³/mol. The molecule has 0 aromatic rings. The summed E-state index contributed by atoms with van der Waals surface area (Å²) in [5, 5.41) is 0. The fourth-order valence-corrected chi connectivity index (χ4v) is 0.805. The highest BCUT2D eigenvalue weighted by Crippen LogP contribution is 2.09. The second kappa shape index (κ2) is 10.8. The van der Waals surface area contributed by atoms with E-state index in [1.54, 1.807) is 19.1 Å². The highest BCUT2D eigenvalue weighted by Gasteiger charge is 2.24. The maximum Gasteiger partial charge on any atom is 0.333 e. The van der Waals surface area contributed by atoms with E-state index in [9.17, 15) is 9.59 Å². The Morgan fingerprint density at radius 2 is 2.10 bits per heavy atom. The molecule has 0 N–H and O–H groups in total. The lowest BCUT2D eigenvalue weighted by Gasteiger charge is -1.99. The van der Waals surface area contributed by atoms with Crippen molar-refractivity contribution < 1.29 is 23.8 Å². The number of carbonyl (C=O) groups excluding carboxylic acids is 2. The summed E-state index contributed by atoms with van der Waals surface area (Å²) >= 11 is 0. The Labute approximate surface area is 119 Å². The fraction of sp³-hybridized carbons (Fsp3) is 0.400. The lowest BCUT2D eigenvalue weighted by Crippen LogP contribution is -2.09. The Morgan fingerprint density at radius 1 is 1.45 bits per heavy atom. The zero-order valence-corrected chi connectivity index (χ0v) is 11.9. The van der Waals surface area contributed by atoms with Crippen molar-refractivity contribution in [2.75, 3.05) is 19.8 Å². The first kappa shape index (κ1) is 17.9. The van der Waals surface area contributed by atoms with Gasteiger partial charge in [0, 0.05) is 11.6 Å². The molecule has 1 heterocycles. The van der Waals surface area contributed by atoms with Gasteiger partial charge in [-0.1, -0.05) is 13.2 Å². The lowest BCUT2D eigenvalue weighted by atomic mass is 10.4. The average molecular weight is 280 g/mol. The minimum atomic E-state index is -0.408. The summed E-state index contributed by atoms with van der Waals surface area (Å²) in [6, 6.07) is 0. The molecule has 1 aliphatic rings. The Morgan fingerprint density at radius 3 is 2.55 bits per heavy atom. The van der Waals surface area contributed by atoms with Gasteiger partial charge >= 0.3 is 11.9 Å². The number of epoxide rings is 1. The number of carbonyl (C=O) groups is 2. The van der Waals surface area contributed by atoms with E-state index in [1.165, 1.54) is 0 Å². The van der Waals surface area contributed by atoms with Crippen LogP contribution in [-0.4, -0.2) is 37.9 Å². The molecule has 1 unspecified atom stereocenters. The van der Waals surface area contributed by atoms with Crippen LogP contribution in [-0.2, 0) is 23.8 Å². The third-order valence-corrected chi connectivity index (χ3v) is 1.91. The first-order chi connectivity index (χ1) is 9.51. The summed E-state index contributed by atoms with van der Waals surface area (Å²) in [4.78, 5) is 21.1. The molecule has 5 heteroatoms. The molecule has 0 bridgehead atoms. The Bertz CT molecular complexity index is 412. The molecule has 0 aliphatic carbocycles. The summed E-state index contributed by atoms with van der Waals surface area (Å²) < 4.78 is 14.2. The van der Waals surface area contributed by atoms with Crippen molar-refractivity contribution in [2.24, 2.45) is 0 Å². The van der Waals surface area contributed by atoms with E-state index in [4.69, 9.17) is 9.47 Å². The standard InChI is InChI=1S/C8H10O2.C7H10O3/c1-3-5-6-7-10-8(9)4-2;1-5(2)7(8)10-4-6-3-9-6/h3-4,6H,2,7H2,1H3;6H,1,3-4H2,2H3. The molecule has 1 aliphatic heterocycles. The molecule has 0 aromatic heterocycles. The van der Waals surface area contributed by atoms with Crippen molar-refractivity contribution in [3.05, 3.63) is 42.7 Å². The average Bonchev–Trinajstić information content (AvgIpc) is 3.25. The third-order valence-electron chi connectivity index (χ3n) is 1.91. The fourth-order valence-electron chi connectivity index (χ4n) is 0.805. The van der Waals surface area contributed by atoms with Gasteiger partial charge in [0.2, 0.25) is 0 Å². The first-order valence-corrected chi connectivity index (χ1v) is 6.10. The van der Waals surface area contributed by atoms with E-state index >= 15 is 0 Å². The normalized spacial score (nSPS) is 14.6. The Hall–Kier alpha value is -2.10. The second-order valence-electron chi connectivity index (χ2n) is 3.83. The summed E-state index contributed by atoms with van der Waals surface area (Å²) in [6.45, 7) is 11.5. The van der Waals surface area contributed by atoms with Gasteiger partial charge in [0.25, 0.3) is 0 Å². The van der Waals surface area contributed by atoms with Crippen LogP contribution in [0.25, 0.3) is 0 Å². The predicted octanol–water partition coefficient (Wildman–Crippen LogP) is 1.95. The first-order valence-electron chi connectivity index (χ1n) is 6.10. The molecule has 0 saturated carbocycles. The number of esters is 2. The zero-order chi connectivity index (χ0) is 15.4. The number of rotatable bonds is 6. The molecule has 0 radical (unpaired) electrons. The van der Waals surface area contributed by atoms with E-state index in [0.29, 0.717) is 18.8 Å². The van der Waals surface area contributed by atoms with Crippen molar-refractivity contribution in [1.82, 2.24) is 0 Å². The van der Waals surface area contributed by atoms with Gasteiger partial charge in [0.15, 0.2) is 0 Å². The van der Waals surface area contributed by atoms with E-state index in [-0.39, 0.29) is 18.7 Å². The molecule has 0 aromatic carbocycles. The van der Waals surface area contributed by atoms with Gasteiger partial charge in [-0.05, 0) is 26.0 Å². The number of ether oxygens (including phenoxy) is 3. The number of hydrogen-bond donors (Lipinski definition) is 0. The van der Waals surface area contributed by atoms with Gasteiger partial charge in [-0.25, -0.2) is 9.59 Å². The topological polar surface area (TPSA) is 65.1 Å². The smallest absolute Gasteiger partial charge is 0.333 e. The summed E-state index contributed by atoms with van der Waals surface area (Å²) in [7, 11) is 0. The molecule has 1 saturated heterocycles. The maximum atomic E-state index is 10.7. The molecule has 0 spiro atoms. The number of hydrogen-bond acceptors (Lipinski definition) is 5. The van der Waals surface area contributed by atoms with Gasteiger partial charge in [0.05, 0.1) is 6.61 Å². The minimum absolute atomic E-state index is 0.142. The largest absolute Gasteiger partial charge is 0.459 e. The highest BCUT2D eigenvalue weighted by molar-refractivity contribution is 5.86. The Kier molecular flexibility index (Phi) is 9.66. The summed E-state index contributed by atoms with van der Waals surface area (Å²) in [5.74, 6) is -0.746. The lowest BCUT2D eigenvalue weighted by molar-refractivity contribution is -0.139. The van der Waals surface area contributed by atoms with Crippen molar-refractivity contribution in [1.29, 1.82) is 0 Å². The van der Waals surface area contributed by atoms with Gasteiger partial charge < -0.3 is 14.2 Å². The third kappa shape index (κ3) is 11.0. The van der Waals surface area contributed by atoms with E-state index in [0.717, 1.165) is 6.08 Å². The minimum Gasteiger partial charge on any atom is -0.459 e. The molecule has 0 amide bonds. The van der Waals surface area contributed by atoms with Crippen molar-refractivity contribution >= 4 is 11.9 Å². The molecular weight excluding hydrogens is 260 g/mol. The molecular formula is C15H20O5. The second-order valence-corrected chi connectivity index (χ2v) is 3.83. The van der Waals surface area contributed by atoms with Crippen LogP contribution >= 0.6 is 0 Å². The van der Waals surface area contributed by atoms with Crippen molar-refractivity contribution in [3.8, 4) is 0 Å². The van der Waals surface area contributed by atoms with E-state index in [2.05, 4.69) is 23.6 Å². The Balaban J connectivity index is 0.000000361. The van der Waals surface area contributed by atoms with Gasteiger partial charge in [-0.2, -0.15) is 0 Å². The highest BCUT2D eigenvalue weighted by atomic mass is 16.6. The van der Waals surface area contributed by atoms with Crippen LogP contribution in [0.1, 0.15) is 13.8 Å². The van der Waals surface area contributed by atoms with E-state index in [1.807, 2.05) is 6.92 Å². The molecule has 1 rings (SSSR count). The van der Waals surface area contributed by atoms with Gasteiger partial charge in [-0.3, -0.25) is 0 Å². The SMILES string of the molecule is C=C(C)C(=O)OCC1CO1.C=CC(=O)OCC=C=CC. The van der Waals surface area contributed by atoms with Gasteiger partial charge in [0.1, 0.15) is 19.3 Å². The molecule has 1 fully saturated rings. The summed E-state index contributed by atoms with van der Waals surface area (Å²) in [6.07, 6.45) is 4.63. The van der Waals surface area contributed by atoms with Crippen LogP contribution in [0.5, 0.6) is 0 Å². The van der Waals surface area contributed by atoms with Crippen LogP contribution in [0.3, 0.4) is 0 Å². The van der Waals surface area contributed by atoms with Crippen molar-refractivity contribution in [2.45, 2.75) is 20.0 Å². The molecule has 5 nitrogen and oxygen atoms in total. The van der Waals surface area contributed by atoms with Crippen LogP contribution < -0.4 is 0 Å². The quantitative estimate of drug-likeness (QED) is 0.322. The van der Waals surface area contributed by atoms with Crippen molar-refractivity contribution in [3.63, 3.8) is 0 Å². The van der Waals surface area contributed by atoms with Gasteiger partial charge in [-0.15, -0.1) is 5.73 Å². The zero-order valence-electron chi connectivity index (χ0n) is 11.9. The van der Waals surface area contributed by atoms with Crippen LogP contribution in [0.4, 0.5) is 0 Å². The monoisotopic (exact) mass is 280 g/mol. The molecule has 1 atom stereocenters. The summed E-state index contributed by atoms with van der Waals surface area (Å²) in [5.41, 5.74) is 3.20. The molecule has 20 heavy (non-hydrogen) atoms. The van der Waals surface area contributed by atoms with Crippen LogP contribution in [0, 0.1) is 0 Å². The van der Waals surface area contributed by atoms with Crippen LogP contribution in [0.15, 0.2) is 42.7 Å². The maximum absolute atomic E-state index is 10.7. The van der Waals surface area contributed by atoms with E-state index < -0.39 is 5.97 Å².